The standard InChI is InChI=1S/C12H15F3N2/c13-12(14,15)10-4-2-1-3-9(10)11(17-16)7-8-5-6-8/h1-4,8,11,17H,5-7,16H2. The highest BCUT2D eigenvalue weighted by Gasteiger charge is 2.36. The zero-order chi connectivity index (χ0) is 12.5. The van der Waals surface area contributed by atoms with Gasteiger partial charge in [0, 0.05) is 6.04 Å². The molecule has 0 saturated heterocycles. The Kier molecular flexibility index (Phi) is 3.40. The van der Waals surface area contributed by atoms with E-state index in [1.807, 2.05) is 0 Å². The Morgan fingerprint density at radius 3 is 2.47 bits per heavy atom. The summed E-state index contributed by atoms with van der Waals surface area (Å²) in [4.78, 5) is 0. The van der Waals surface area contributed by atoms with Crippen LogP contribution in [0.3, 0.4) is 0 Å². The average Bonchev–Trinajstić information content (AvgIpc) is 3.08. The molecule has 0 aliphatic heterocycles. The Bertz CT molecular complexity index is 386. The molecule has 1 unspecified atom stereocenters. The molecular formula is C12H15F3N2. The second kappa shape index (κ2) is 4.66. The molecule has 0 radical (unpaired) electrons. The summed E-state index contributed by atoms with van der Waals surface area (Å²) < 4.78 is 38.5. The molecule has 1 aromatic rings. The lowest BCUT2D eigenvalue weighted by atomic mass is 9.96. The van der Waals surface area contributed by atoms with Crippen molar-refractivity contribution in [1.82, 2.24) is 5.43 Å². The first kappa shape index (κ1) is 12.4. The molecule has 94 valence electrons. The summed E-state index contributed by atoms with van der Waals surface area (Å²) in [5.41, 5.74) is 2.15. The van der Waals surface area contributed by atoms with Crippen LogP contribution >= 0.6 is 0 Å². The van der Waals surface area contributed by atoms with Crippen molar-refractivity contribution in [1.29, 1.82) is 0 Å². The van der Waals surface area contributed by atoms with Gasteiger partial charge in [-0.1, -0.05) is 31.0 Å². The van der Waals surface area contributed by atoms with Gasteiger partial charge in [0.1, 0.15) is 0 Å². The number of nitrogens with one attached hydrogen (secondary N) is 1. The monoisotopic (exact) mass is 244 g/mol. The highest BCUT2D eigenvalue weighted by molar-refractivity contribution is 5.32. The number of alkyl halides is 3. The third kappa shape index (κ3) is 2.98. The van der Waals surface area contributed by atoms with Crippen molar-refractivity contribution < 1.29 is 13.2 Å². The van der Waals surface area contributed by atoms with Gasteiger partial charge < -0.3 is 0 Å². The third-order valence-corrected chi connectivity index (χ3v) is 3.11. The summed E-state index contributed by atoms with van der Waals surface area (Å²) in [5.74, 6) is 5.89. The minimum absolute atomic E-state index is 0.245. The first-order chi connectivity index (χ1) is 8.02. The Morgan fingerprint density at radius 1 is 1.29 bits per heavy atom. The maximum Gasteiger partial charge on any atom is 0.416 e. The molecule has 0 aromatic heterocycles. The smallest absolute Gasteiger partial charge is 0.271 e. The molecule has 1 aromatic carbocycles. The lowest BCUT2D eigenvalue weighted by Gasteiger charge is -2.20. The molecule has 1 aliphatic rings. The molecule has 1 saturated carbocycles. The lowest BCUT2D eigenvalue weighted by molar-refractivity contribution is -0.138. The average molecular weight is 244 g/mol. The van der Waals surface area contributed by atoms with Crippen molar-refractivity contribution in [3.05, 3.63) is 35.4 Å². The number of rotatable bonds is 4. The normalized spacial score (nSPS) is 18.1. The van der Waals surface area contributed by atoms with E-state index in [1.165, 1.54) is 12.1 Å². The molecule has 0 spiro atoms. The van der Waals surface area contributed by atoms with Crippen LogP contribution in [0.15, 0.2) is 24.3 Å². The molecular weight excluding hydrogens is 229 g/mol. The van der Waals surface area contributed by atoms with E-state index in [-0.39, 0.29) is 5.56 Å². The molecule has 1 aliphatic carbocycles. The quantitative estimate of drug-likeness (QED) is 0.631. The number of nitrogens with two attached hydrogens (primary N) is 1. The number of hydrogen-bond donors (Lipinski definition) is 2. The maximum absolute atomic E-state index is 12.8. The Hall–Kier alpha value is -1.07. The highest BCUT2D eigenvalue weighted by atomic mass is 19.4. The fraction of sp³-hybridized carbons (Fsp3) is 0.500. The summed E-state index contributed by atoms with van der Waals surface area (Å²) in [6, 6.07) is 5.20. The van der Waals surface area contributed by atoms with Crippen LogP contribution < -0.4 is 11.3 Å². The summed E-state index contributed by atoms with van der Waals surface area (Å²) in [6.07, 6.45) is -1.47. The third-order valence-electron chi connectivity index (χ3n) is 3.11. The van der Waals surface area contributed by atoms with Gasteiger partial charge in [0.05, 0.1) is 5.56 Å². The largest absolute Gasteiger partial charge is 0.416 e. The van der Waals surface area contributed by atoms with E-state index in [1.54, 1.807) is 6.07 Å². The summed E-state index contributed by atoms with van der Waals surface area (Å²) in [7, 11) is 0. The lowest BCUT2D eigenvalue weighted by Crippen LogP contribution is -2.30. The first-order valence-corrected chi connectivity index (χ1v) is 5.64. The molecule has 2 rings (SSSR count). The van der Waals surface area contributed by atoms with Crippen LogP contribution in [0.25, 0.3) is 0 Å². The van der Waals surface area contributed by atoms with E-state index in [2.05, 4.69) is 5.43 Å². The number of benzene rings is 1. The van der Waals surface area contributed by atoms with Gasteiger partial charge in [-0.2, -0.15) is 13.2 Å². The number of hydrogen-bond acceptors (Lipinski definition) is 2. The van der Waals surface area contributed by atoms with Gasteiger partial charge in [0.15, 0.2) is 0 Å². The van der Waals surface area contributed by atoms with Gasteiger partial charge in [0.2, 0.25) is 0 Å². The Labute approximate surface area is 98.0 Å². The van der Waals surface area contributed by atoms with Crippen molar-refractivity contribution >= 4 is 0 Å². The predicted octanol–water partition coefficient (Wildman–Crippen LogP) is 3.01. The Morgan fingerprint density at radius 2 is 1.94 bits per heavy atom. The fourth-order valence-electron chi connectivity index (χ4n) is 2.03. The van der Waals surface area contributed by atoms with E-state index in [0.29, 0.717) is 12.3 Å². The van der Waals surface area contributed by atoms with Gasteiger partial charge in [0.25, 0.3) is 0 Å². The van der Waals surface area contributed by atoms with Gasteiger partial charge in [-0.15, -0.1) is 0 Å². The second-order valence-corrected chi connectivity index (χ2v) is 4.48. The number of halogens is 3. The van der Waals surface area contributed by atoms with Crippen LogP contribution in [0.1, 0.15) is 36.4 Å². The molecule has 5 heteroatoms. The summed E-state index contributed by atoms with van der Waals surface area (Å²) >= 11 is 0. The summed E-state index contributed by atoms with van der Waals surface area (Å²) in [6.45, 7) is 0. The summed E-state index contributed by atoms with van der Waals surface area (Å²) in [5, 5.41) is 0. The zero-order valence-electron chi connectivity index (χ0n) is 9.30. The van der Waals surface area contributed by atoms with E-state index >= 15 is 0 Å². The predicted molar refractivity (Wildman–Crippen MR) is 58.8 cm³/mol. The maximum atomic E-state index is 12.8. The molecule has 1 fully saturated rings. The molecule has 17 heavy (non-hydrogen) atoms. The fourth-order valence-corrected chi connectivity index (χ4v) is 2.03. The molecule has 0 bridgehead atoms. The van der Waals surface area contributed by atoms with Crippen molar-refractivity contribution in [2.45, 2.75) is 31.5 Å². The molecule has 0 heterocycles. The molecule has 3 N–H and O–H groups in total. The van der Waals surface area contributed by atoms with Gasteiger partial charge >= 0.3 is 6.18 Å². The van der Waals surface area contributed by atoms with Gasteiger partial charge in [-0.25, -0.2) is 0 Å². The van der Waals surface area contributed by atoms with Crippen LogP contribution in [-0.4, -0.2) is 0 Å². The topological polar surface area (TPSA) is 38.0 Å². The van der Waals surface area contributed by atoms with Crippen molar-refractivity contribution in [2.75, 3.05) is 0 Å². The zero-order valence-corrected chi connectivity index (χ0v) is 9.30. The van der Waals surface area contributed by atoms with E-state index in [0.717, 1.165) is 18.9 Å². The molecule has 1 atom stereocenters. The molecule has 0 amide bonds. The van der Waals surface area contributed by atoms with Gasteiger partial charge in [-0.3, -0.25) is 11.3 Å². The van der Waals surface area contributed by atoms with Crippen LogP contribution in [0, 0.1) is 5.92 Å². The first-order valence-electron chi connectivity index (χ1n) is 5.64. The minimum atomic E-state index is -4.32. The van der Waals surface area contributed by atoms with Crippen molar-refractivity contribution in [3.63, 3.8) is 0 Å². The SMILES string of the molecule is NNC(CC1CC1)c1ccccc1C(F)(F)F. The van der Waals surface area contributed by atoms with E-state index in [4.69, 9.17) is 5.84 Å². The van der Waals surface area contributed by atoms with Crippen LogP contribution in [-0.2, 0) is 6.18 Å². The molecule has 2 nitrogen and oxygen atoms in total. The van der Waals surface area contributed by atoms with E-state index in [9.17, 15) is 13.2 Å². The van der Waals surface area contributed by atoms with Crippen LogP contribution in [0.4, 0.5) is 13.2 Å². The van der Waals surface area contributed by atoms with Gasteiger partial charge in [-0.05, 0) is 24.0 Å². The number of hydrazine groups is 1. The van der Waals surface area contributed by atoms with Crippen LogP contribution in [0.2, 0.25) is 0 Å². The minimum Gasteiger partial charge on any atom is -0.271 e. The van der Waals surface area contributed by atoms with Crippen molar-refractivity contribution in [3.8, 4) is 0 Å². The second-order valence-electron chi connectivity index (χ2n) is 4.48. The Balaban J connectivity index is 2.28. The van der Waals surface area contributed by atoms with E-state index < -0.39 is 17.8 Å². The van der Waals surface area contributed by atoms with Crippen LogP contribution in [0.5, 0.6) is 0 Å². The highest BCUT2D eigenvalue weighted by Crippen LogP contribution is 2.40. The van der Waals surface area contributed by atoms with Crippen molar-refractivity contribution in [2.24, 2.45) is 11.8 Å².